The summed E-state index contributed by atoms with van der Waals surface area (Å²) in [5.41, 5.74) is 1.24. The third-order valence-corrected chi connectivity index (χ3v) is 4.77. The van der Waals surface area contributed by atoms with Gasteiger partial charge in [0.2, 0.25) is 10.0 Å². The molecule has 1 atom stereocenters. The molecule has 4 nitrogen and oxygen atoms in total. The van der Waals surface area contributed by atoms with Crippen molar-refractivity contribution in [3.05, 3.63) is 35.9 Å². The zero-order chi connectivity index (χ0) is 13.7. The van der Waals surface area contributed by atoms with Crippen molar-refractivity contribution in [2.45, 2.75) is 25.3 Å². The summed E-state index contributed by atoms with van der Waals surface area (Å²) in [7, 11) is -3.09. The number of benzene rings is 1. The fraction of sp³-hybridized carbons (Fsp3) is 0.571. The van der Waals surface area contributed by atoms with E-state index in [0.717, 1.165) is 19.3 Å². The second-order valence-electron chi connectivity index (χ2n) is 4.98. The van der Waals surface area contributed by atoms with E-state index < -0.39 is 10.0 Å². The number of rotatable bonds is 6. The Bertz CT molecular complexity index is 487. The Hall–Kier alpha value is -0.910. The van der Waals surface area contributed by atoms with E-state index in [-0.39, 0.29) is 6.04 Å². The summed E-state index contributed by atoms with van der Waals surface area (Å²) in [4.78, 5) is 0. The summed E-state index contributed by atoms with van der Waals surface area (Å²) in [6, 6.07) is 10.2. The molecule has 0 saturated carbocycles. The number of nitrogens with zero attached hydrogens (tertiary/aromatic N) is 1. The first-order chi connectivity index (χ1) is 9.07. The molecule has 1 aromatic rings. The minimum absolute atomic E-state index is 0.0192. The third-order valence-electron chi connectivity index (χ3n) is 3.44. The van der Waals surface area contributed by atoms with Crippen LogP contribution >= 0.6 is 0 Å². The van der Waals surface area contributed by atoms with Crippen LogP contribution in [0.3, 0.4) is 0 Å². The van der Waals surface area contributed by atoms with Gasteiger partial charge in [-0.1, -0.05) is 30.3 Å². The van der Waals surface area contributed by atoms with Crippen LogP contribution in [0.5, 0.6) is 0 Å². The standard InChI is InChI=1S/C14H21NO3S/c1-19(16,17)15-10-5-8-14(15)12-18-11-9-13-6-3-2-4-7-13/h2-4,6-7,14H,5,8-12H2,1H3. The Morgan fingerprint density at radius 2 is 2.05 bits per heavy atom. The fourth-order valence-corrected chi connectivity index (χ4v) is 3.64. The smallest absolute Gasteiger partial charge is 0.211 e. The van der Waals surface area contributed by atoms with Crippen LogP contribution in [-0.4, -0.2) is 44.8 Å². The van der Waals surface area contributed by atoms with Crippen molar-refractivity contribution < 1.29 is 13.2 Å². The van der Waals surface area contributed by atoms with Crippen LogP contribution in [-0.2, 0) is 21.2 Å². The highest BCUT2D eigenvalue weighted by molar-refractivity contribution is 7.88. The normalized spacial score (nSPS) is 20.8. The predicted molar refractivity (Wildman–Crippen MR) is 75.5 cm³/mol. The first kappa shape index (κ1) is 14.5. The van der Waals surface area contributed by atoms with Crippen LogP contribution in [0, 0.1) is 0 Å². The molecule has 106 valence electrons. The van der Waals surface area contributed by atoms with Gasteiger partial charge in [0.05, 0.1) is 19.5 Å². The quantitative estimate of drug-likeness (QED) is 0.746. The van der Waals surface area contributed by atoms with Gasteiger partial charge >= 0.3 is 0 Å². The molecule has 1 saturated heterocycles. The maximum atomic E-state index is 11.6. The van der Waals surface area contributed by atoms with Crippen molar-refractivity contribution in [3.8, 4) is 0 Å². The van der Waals surface area contributed by atoms with Gasteiger partial charge in [-0.2, -0.15) is 4.31 Å². The maximum Gasteiger partial charge on any atom is 0.211 e. The molecular weight excluding hydrogens is 262 g/mol. The maximum absolute atomic E-state index is 11.6. The van der Waals surface area contributed by atoms with Crippen LogP contribution in [0.2, 0.25) is 0 Å². The van der Waals surface area contributed by atoms with Gasteiger partial charge in [-0.15, -0.1) is 0 Å². The van der Waals surface area contributed by atoms with Gasteiger partial charge in [0.15, 0.2) is 0 Å². The molecule has 5 heteroatoms. The SMILES string of the molecule is CS(=O)(=O)N1CCCC1COCCc1ccccc1. The zero-order valence-electron chi connectivity index (χ0n) is 11.3. The minimum Gasteiger partial charge on any atom is -0.379 e. The minimum atomic E-state index is -3.09. The van der Waals surface area contributed by atoms with Crippen LogP contribution in [0.1, 0.15) is 18.4 Å². The molecule has 1 unspecified atom stereocenters. The van der Waals surface area contributed by atoms with Gasteiger partial charge in [0.25, 0.3) is 0 Å². The van der Waals surface area contributed by atoms with Crippen molar-refractivity contribution in [2.75, 3.05) is 26.0 Å². The average molecular weight is 283 g/mol. The molecule has 1 heterocycles. The summed E-state index contributed by atoms with van der Waals surface area (Å²) < 4.78 is 30.3. The highest BCUT2D eigenvalue weighted by Crippen LogP contribution is 2.20. The van der Waals surface area contributed by atoms with Gasteiger partial charge in [-0.05, 0) is 24.8 Å². The summed E-state index contributed by atoms with van der Waals surface area (Å²) in [6.07, 6.45) is 3.97. The largest absolute Gasteiger partial charge is 0.379 e. The van der Waals surface area contributed by atoms with E-state index in [1.165, 1.54) is 11.8 Å². The van der Waals surface area contributed by atoms with Crippen molar-refractivity contribution in [1.82, 2.24) is 4.31 Å². The van der Waals surface area contributed by atoms with E-state index in [4.69, 9.17) is 4.74 Å². The summed E-state index contributed by atoms with van der Waals surface area (Å²) in [5, 5.41) is 0. The lowest BCUT2D eigenvalue weighted by atomic mass is 10.2. The van der Waals surface area contributed by atoms with Crippen LogP contribution < -0.4 is 0 Å². The van der Waals surface area contributed by atoms with Gasteiger partial charge in [0.1, 0.15) is 0 Å². The second kappa shape index (κ2) is 6.50. The highest BCUT2D eigenvalue weighted by atomic mass is 32.2. The molecule has 0 amide bonds. The first-order valence-corrected chi connectivity index (χ1v) is 8.50. The number of sulfonamides is 1. The second-order valence-corrected chi connectivity index (χ2v) is 6.92. The van der Waals surface area contributed by atoms with Crippen molar-refractivity contribution in [3.63, 3.8) is 0 Å². The summed E-state index contributed by atoms with van der Waals surface area (Å²) >= 11 is 0. The molecule has 0 aliphatic carbocycles. The van der Waals surface area contributed by atoms with Crippen LogP contribution in [0.25, 0.3) is 0 Å². The Morgan fingerprint density at radius 1 is 1.32 bits per heavy atom. The van der Waals surface area contributed by atoms with E-state index >= 15 is 0 Å². The molecule has 0 spiro atoms. The lowest BCUT2D eigenvalue weighted by Crippen LogP contribution is -2.37. The molecule has 2 rings (SSSR count). The lowest BCUT2D eigenvalue weighted by Gasteiger charge is -2.21. The molecule has 1 fully saturated rings. The van der Waals surface area contributed by atoms with Gasteiger partial charge in [-0.25, -0.2) is 8.42 Å². The van der Waals surface area contributed by atoms with Crippen molar-refractivity contribution >= 4 is 10.0 Å². The average Bonchev–Trinajstić information content (AvgIpc) is 2.84. The topological polar surface area (TPSA) is 46.6 Å². The van der Waals surface area contributed by atoms with Gasteiger partial charge in [0, 0.05) is 12.6 Å². The molecule has 0 N–H and O–H groups in total. The first-order valence-electron chi connectivity index (χ1n) is 6.66. The highest BCUT2D eigenvalue weighted by Gasteiger charge is 2.31. The summed E-state index contributed by atoms with van der Waals surface area (Å²) in [6.45, 7) is 1.77. The summed E-state index contributed by atoms with van der Waals surface area (Å²) in [5.74, 6) is 0. The Balaban J connectivity index is 1.74. The van der Waals surface area contributed by atoms with E-state index in [1.807, 2.05) is 18.2 Å². The molecule has 0 radical (unpaired) electrons. The van der Waals surface area contributed by atoms with Gasteiger partial charge < -0.3 is 4.74 Å². The molecule has 0 bridgehead atoms. The van der Waals surface area contributed by atoms with Crippen LogP contribution in [0.4, 0.5) is 0 Å². The van der Waals surface area contributed by atoms with E-state index in [2.05, 4.69) is 12.1 Å². The number of ether oxygens (including phenoxy) is 1. The van der Waals surface area contributed by atoms with Crippen molar-refractivity contribution in [1.29, 1.82) is 0 Å². The predicted octanol–water partition coefficient (Wildman–Crippen LogP) is 1.67. The van der Waals surface area contributed by atoms with Gasteiger partial charge in [-0.3, -0.25) is 0 Å². The third kappa shape index (κ3) is 4.30. The van der Waals surface area contributed by atoms with E-state index in [9.17, 15) is 8.42 Å². The number of hydrogen-bond donors (Lipinski definition) is 0. The van der Waals surface area contributed by atoms with Crippen LogP contribution in [0.15, 0.2) is 30.3 Å². The zero-order valence-corrected chi connectivity index (χ0v) is 12.1. The Kier molecular flexibility index (Phi) is 4.96. The lowest BCUT2D eigenvalue weighted by molar-refractivity contribution is 0.102. The molecule has 19 heavy (non-hydrogen) atoms. The number of hydrogen-bond acceptors (Lipinski definition) is 3. The molecular formula is C14H21NO3S. The van der Waals surface area contributed by atoms with Crippen molar-refractivity contribution in [2.24, 2.45) is 0 Å². The fourth-order valence-electron chi connectivity index (χ4n) is 2.47. The van der Waals surface area contributed by atoms with E-state index in [1.54, 1.807) is 4.31 Å². The molecule has 1 aromatic carbocycles. The molecule has 0 aromatic heterocycles. The Labute approximate surface area is 115 Å². The monoisotopic (exact) mass is 283 g/mol. The molecule has 1 aliphatic heterocycles. The van der Waals surface area contributed by atoms with E-state index in [0.29, 0.717) is 19.8 Å². The molecule has 1 aliphatic rings. The Morgan fingerprint density at radius 3 is 2.74 bits per heavy atom.